The lowest BCUT2D eigenvalue weighted by Gasteiger charge is -2.32. The lowest BCUT2D eigenvalue weighted by Crippen LogP contribution is -2.41. The summed E-state index contributed by atoms with van der Waals surface area (Å²) in [5, 5.41) is 1.94. The Bertz CT molecular complexity index is 815. The number of nitrogens with zero attached hydrogens (tertiary/aromatic N) is 2. The molecule has 2 aliphatic rings. The molecule has 0 unspecified atom stereocenters. The van der Waals surface area contributed by atoms with Crippen LogP contribution in [0, 0.1) is 5.92 Å². The van der Waals surface area contributed by atoms with Crippen LogP contribution in [-0.4, -0.2) is 54.4 Å². The minimum atomic E-state index is 0.0911. The highest BCUT2D eigenvalue weighted by atomic mass is 32.1. The molecule has 3 heterocycles. The van der Waals surface area contributed by atoms with E-state index in [9.17, 15) is 9.59 Å². The van der Waals surface area contributed by atoms with Crippen LogP contribution in [0.1, 0.15) is 45.7 Å². The number of benzene rings is 1. The molecular formula is C22H26N2O3S. The third-order valence-corrected chi connectivity index (χ3v) is 6.36. The van der Waals surface area contributed by atoms with E-state index >= 15 is 0 Å². The largest absolute Gasteiger partial charge is 0.493 e. The molecule has 0 N–H and O–H groups in total. The van der Waals surface area contributed by atoms with Crippen LogP contribution in [0.15, 0.2) is 41.8 Å². The Balaban J connectivity index is 1.33. The Morgan fingerprint density at radius 3 is 2.61 bits per heavy atom. The minimum Gasteiger partial charge on any atom is -0.493 e. The van der Waals surface area contributed by atoms with Gasteiger partial charge in [0, 0.05) is 37.7 Å². The van der Waals surface area contributed by atoms with Crippen molar-refractivity contribution in [3.8, 4) is 5.75 Å². The topological polar surface area (TPSA) is 49.9 Å². The number of piperidine rings is 1. The molecule has 2 amide bonds. The molecule has 6 heteroatoms. The average Bonchev–Trinajstić information content (AvgIpc) is 3.46. The second-order valence-electron chi connectivity index (χ2n) is 7.57. The van der Waals surface area contributed by atoms with E-state index in [0.29, 0.717) is 18.1 Å². The number of hydrogen-bond donors (Lipinski definition) is 0. The van der Waals surface area contributed by atoms with E-state index in [0.717, 1.165) is 62.5 Å². The highest BCUT2D eigenvalue weighted by Crippen LogP contribution is 2.23. The third-order valence-electron chi connectivity index (χ3n) is 5.50. The van der Waals surface area contributed by atoms with E-state index in [-0.39, 0.29) is 11.8 Å². The van der Waals surface area contributed by atoms with Crippen molar-refractivity contribution >= 4 is 23.2 Å². The second-order valence-corrected chi connectivity index (χ2v) is 8.52. The summed E-state index contributed by atoms with van der Waals surface area (Å²) in [7, 11) is 0. The maximum absolute atomic E-state index is 12.6. The fraction of sp³-hybridized carbons (Fsp3) is 0.455. The summed E-state index contributed by atoms with van der Waals surface area (Å²) in [6.07, 6.45) is 4.23. The van der Waals surface area contributed by atoms with Gasteiger partial charge >= 0.3 is 0 Å². The Morgan fingerprint density at radius 1 is 1.00 bits per heavy atom. The lowest BCUT2D eigenvalue weighted by molar-refractivity contribution is 0.0637. The van der Waals surface area contributed by atoms with Crippen LogP contribution in [-0.2, 0) is 0 Å². The van der Waals surface area contributed by atoms with Crippen LogP contribution in [0.2, 0.25) is 0 Å². The van der Waals surface area contributed by atoms with Gasteiger partial charge in [-0.2, -0.15) is 0 Å². The fourth-order valence-electron chi connectivity index (χ4n) is 3.98. The SMILES string of the molecule is O=C(c1cccc(OC[C@H]2CCCN(C(=O)c3cccs3)C2)c1)N1CCCC1. The zero-order valence-corrected chi connectivity index (χ0v) is 16.8. The predicted molar refractivity (Wildman–Crippen MR) is 110 cm³/mol. The summed E-state index contributed by atoms with van der Waals surface area (Å²) >= 11 is 1.49. The van der Waals surface area contributed by atoms with Crippen molar-refractivity contribution in [2.75, 3.05) is 32.8 Å². The molecule has 1 aromatic carbocycles. The molecule has 2 aromatic rings. The zero-order valence-electron chi connectivity index (χ0n) is 16.0. The van der Waals surface area contributed by atoms with Gasteiger partial charge in [-0.05, 0) is 55.3 Å². The number of carbonyl (C=O) groups is 2. The summed E-state index contributed by atoms with van der Waals surface area (Å²) in [5.41, 5.74) is 0.692. The quantitative estimate of drug-likeness (QED) is 0.767. The third kappa shape index (κ3) is 4.38. The normalized spacial score (nSPS) is 19.6. The molecule has 2 fully saturated rings. The first kappa shape index (κ1) is 19.0. The zero-order chi connectivity index (χ0) is 19.3. The molecule has 0 aliphatic carbocycles. The van der Waals surface area contributed by atoms with Gasteiger partial charge in [0.05, 0.1) is 11.5 Å². The maximum Gasteiger partial charge on any atom is 0.263 e. The van der Waals surface area contributed by atoms with Crippen molar-refractivity contribution in [1.82, 2.24) is 9.80 Å². The lowest BCUT2D eigenvalue weighted by atomic mass is 9.99. The molecule has 5 nitrogen and oxygen atoms in total. The van der Waals surface area contributed by atoms with Crippen LogP contribution in [0.3, 0.4) is 0 Å². The maximum atomic E-state index is 12.6. The Hall–Kier alpha value is -2.34. The van der Waals surface area contributed by atoms with Crippen molar-refractivity contribution in [1.29, 1.82) is 0 Å². The van der Waals surface area contributed by atoms with Gasteiger partial charge in [-0.25, -0.2) is 0 Å². The van der Waals surface area contributed by atoms with Crippen LogP contribution in [0.5, 0.6) is 5.75 Å². The summed E-state index contributed by atoms with van der Waals surface area (Å²) in [5.74, 6) is 1.26. The number of amides is 2. The number of likely N-dealkylation sites (tertiary alicyclic amines) is 2. The van der Waals surface area contributed by atoms with Gasteiger partial charge in [-0.1, -0.05) is 12.1 Å². The summed E-state index contributed by atoms with van der Waals surface area (Å²) in [6.45, 7) is 3.80. The fourth-order valence-corrected chi connectivity index (χ4v) is 4.67. The first-order chi connectivity index (χ1) is 13.7. The smallest absolute Gasteiger partial charge is 0.263 e. The molecular weight excluding hydrogens is 372 g/mol. The van der Waals surface area contributed by atoms with E-state index in [1.807, 2.05) is 51.6 Å². The number of hydrogen-bond acceptors (Lipinski definition) is 4. The molecule has 2 saturated heterocycles. The van der Waals surface area contributed by atoms with Gasteiger partial charge in [0.1, 0.15) is 5.75 Å². The highest BCUT2D eigenvalue weighted by molar-refractivity contribution is 7.12. The van der Waals surface area contributed by atoms with Crippen molar-refractivity contribution < 1.29 is 14.3 Å². The highest BCUT2D eigenvalue weighted by Gasteiger charge is 2.25. The van der Waals surface area contributed by atoms with E-state index in [2.05, 4.69) is 0 Å². The van der Waals surface area contributed by atoms with E-state index in [4.69, 9.17) is 4.74 Å². The average molecular weight is 399 g/mol. The first-order valence-corrected chi connectivity index (χ1v) is 10.9. The van der Waals surface area contributed by atoms with Gasteiger partial charge in [0.25, 0.3) is 11.8 Å². The Labute approximate surface area is 169 Å². The Morgan fingerprint density at radius 2 is 1.82 bits per heavy atom. The van der Waals surface area contributed by atoms with E-state index in [1.54, 1.807) is 0 Å². The standard InChI is InChI=1S/C22H26N2O3S/c25-21(23-10-1-2-11-23)18-7-3-8-19(14-18)27-16-17-6-4-12-24(15-17)22(26)20-9-5-13-28-20/h3,5,7-9,13-14,17H,1-2,4,6,10-12,15-16H2/t17-/m0/s1. The summed E-state index contributed by atoms with van der Waals surface area (Å²) < 4.78 is 6.01. The molecule has 28 heavy (non-hydrogen) atoms. The van der Waals surface area contributed by atoms with Crippen molar-refractivity contribution in [3.63, 3.8) is 0 Å². The molecule has 0 bridgehead atoms. The van der Waals surface area contributed by atoms with E-state index in [1.165, 1.54) is 11.3 Å². The van der Waals surface area contributed by atoms with Crippen molar-refractivity contribution in [2.24, 2.45) is 5.92 Å². The van der Waals surface area contributed by atoms with Gasteiger partial charge in [-0.3, -0.25) is 9.59 Å². The number of thiophene rings is 1. The molecule has 1 atom stereocenters. The number of ether oxygens (including phenoxy) is 1. The van der Waals surface area contributed by atoms with E-state index < -0.39 is 0 Å². The molecule has 2 aliphatic heterocycles. The number of carbonyl (C=O) groups excluding carboxylic acids is 2. The molecule has 148 valence electrons. The van der Waals surface area contributed by atoms with Gasteiger partial charge in [-0.15, -0.1) is 11.3 Å². The summed E-state index contributed by atoms with van der Waals surface area (Å²) in [4.78, 5) is 29.8. The van der Waals surface area contributed by atoms with Gasteiger partial charge in [0.15, 0.2) is 0 Å². The van der Waals surface area contributed by atoms with Crippen LogP contribution >= 0.6 is 11.3 Å². The van der Waals surface area contributed by atoms with Gasteiger partial charge < -0.3 is 14.5 Å². The first-order valence-electron chi connectivity index (χ1n) is 10.1. The monoisotopic (exact) mass is 398 g/mol. The van der Waals surface area contributed by atoms with Gasteiger partial charge in [0.2, 0.25) is 0 Å². The molecule has 1 aromatic heterocycles. The van der Waals surface area contributed by atoms with Crippen molar-refractivity contribution in [2.45, 2.75) is 25.7 Å². The van der Waals surface area contributed by atoms with Crippen LogP contribution in [0.25, 0.3) is 0 Å². The minimum absolute atomic E-state index is 0.0911. The Kier molecular flexibility index (Phi) is 5.95. The number of rotatable bonds is 5. The van der Waals surface area contributed by atoms with Crippen molar-refractivity contribution in [3.05, 3.63) is 52.2 Å². The molecule has 0 saturated carbocycles. The molecule has 0 spiro atoms. The van der Waals surface area contributed by atoms with Crippen LogP contribution < -0.4 is 4.74 Å². The second kappa shape index (κ2) is 8.78. The van der Waals surface area contributed by atoms with Crippen LogP contribution in [0.4, 0.5) is 0 Å². The molecule has 4 rings (SSSR count). The summed E-state index contributed by atoms with van der Waals surface area (Å²) in [6, 6.07) is 11.3. The molecule has 0 radical (unpaired) electrons. The predicted octanol–water partition coefficient (Wildman–Crippen LogP) is 3.92.